The van der Waals surface area contributed by atoms with Gasteiger partial charge in [0.25, 0.3) is 5.91 Å². The number of carbonyl (C=O) groups excluding carboxylic acids is 2. The summed E-state index contributed by atoms with van der Waals surface area (Å²) < 4.78 is 6.71. The Kier molecular flexibility index (Phi) is 3.61. The Balaban J connectivity index is 2.01. The SMILES string of the molecule is CCOC(=O)C(N)C(=O)N1CCn2ccnc2C1. The van der Waals surface area contributed by atoms with Gasteiger partial charge in [-0.1, -0.05) is 0 Å². The van der Waals surface area contributed by atoms with Crippen LogP contribution in [0.5, 0.6) is 0 Å². The molecule has 0 fully saturated rings. The Hall–Kier alpha value is -1.89. The summed E-state index contributed by atoms with van der Waals surface area (Å²) in [6.45, 7) is 3.45. The lowest BCUT2D eigenvalue weighted by molar-refractivity contribution is -0.151. The average molecular weight is 252 g/mol. The Morgan fingerprint density at radius 2 is 2.33 bits per heavy atom. The van der Waals surface area contributed by atoms with Crippen molar-refractivity contribution in [2.45, 2.75) is 26.1 Å². The number of aromatic nitrogens is 2. The summed E-state index contributed by atoms with van der Waals surface area (Å²) >= 11 is 0. The summed E-state index contributed by atoms with van der Waals surface area (Å²) in [6.07, 6.45) is 3.55. The van der Waals surface area contributed by atoms with Gasteiger partial charge in [-0.15, -0.1) is 0 Å². The predicted octanol–water partition coefficient (Wildman–Crippen LogP) is -0.884. The minimum absolute atomic E-state index is 0.213. The van der Waals surface area contributed by atoms with E-state index in [4.69, 9.17) is 10.5 Å². The molecule has 0 saturated carbocycles. The van der Waals surface area contributed by atoms with E-state index in [1.165, 1.54) is 4.90 Å². The van der Waals surface area contributed by atoms with E-state index >= 15 is 0 Å². The van der Waals surface area contributed by atoms with Crippen LogP contribution < -0.4 is 5.73 Å². The number of rotatable bonds is 3. The molecule has 0 saturated heterocycles. The number of nitrogens with zero attached hydrogens (tertiary/aromatic N) is 3. The molecule has 1 aromatic heterocycles. The molecule has 1 unspecified atom stereocenters. The molecule has 18 heavy (non-hydrogen) atoms. The second kappa shape index (κ2) is 5.18. The molecule has 0 spiro atoms. The lowest BCUT2D eigenvalue weighted by atomic mass is 10.2. The molecule has 0 aromatic carbocycles. The van der Waals surface area contributed by atoms with E-state index in [0.717, 1.165) is 5.82 Å². The zero-order valence-corrected chi connectivity index (χ0v) is 10.2. The predicted molar refractivity (Wildman–Crippen MR) is 62.3 cm³/mol. The molecule has 1 amide bonds. The minimum Gasteiger partial charge on any atom is -0.464 e. The van der Waals surface area contributed by atoms with Gasteiger partial charge in [0.1, 0.15) is 5.82 Å². The van der Waals surface area contributed by atoms with Gasteiger partial charge in [0.05, 0.1) is 13.2 Å². The van der Waals surface area contributed by atoms with E-state index < -0.39 is 17.9 Å². The first-order chi connectivity index (χ1) is 8.63. The number of ether oxygens (including phenoxy) is 1. The van der Waals surface area contributed by atoms with Crippen molar-refractivity contribution in [3.63, 3.8) is 0 Å². The molecule has 1 aromatic rings. The maximum atomic E-state index is 12.0. The van der Waals surface area contributed by atoms with Gasteiger partial charge in [0.15, 0.2) is 6.04 Å². The fraction of sp³-hybridized carbons (Fsp3) is 0.545. The summed E-state index contributed by atoms with van der Waals surface area (Å²) in [5, 5.41) is 0. The van der Waals surface area contributed by atoms with Gasteiger partial charge in [-0.25, -0.2) is 9.78 Å². The Bertz CT molecular complexity index is 457. The summed E-state index contributed by atoms with van der Waals surface area (Å²) in [6, 6.07) is -1.24. The molecule has 2 N–H and O–H groups in total. The van der Waals surface area contributed by atoms with Crippen LogP contribution in [0.15, 0.2) is 12.4 Å². The average Bonchev–Trinajstić information content (AvgIpc) is 2.84. The smallest absolute Gasteiger partial charge is 0.332 e. The molecule has 0 bridgehead atoms. The molecule has 1 atom stereocenters. The number of esters is 1. The van der Waals surface area contributed by atoms with Crippen LogP contribution in [0.3, 0.4) is 0 Å². The third kappa shape index (κ3) is 2.35. The van der Waals surface area contributed by atoms with E-state index in [2.05, 4.69) is 4.98 Å². The van der Waals surface area contributed by atoms with Crippen LogP contribution in [0.25, 0.3) is 0 Å². The van der Waals surface area contributed by atoms with Gasteiger partial charge < -0.3 is 19.9 Å². The van der Waals surface area contributed by atoms with Gasteiger partial charge in [-0.2, -0.15) is 0 Å². The lowest BCUT2D eigenvalue weighted by Crippen LogP contribution is -2.50. The summed E-state index contributed by atoms with van der Waals surface area (Å²) in [5.74, 6) is -0.301. The van der Waals surface area contributed by atoms with Gasteiger partial charge >= 0.3 is 5.97 Å². The van der Waals surface area contributed by atoms with Gasteiger partial charge in [0, 0.05) is 25.5 Å². The standard InChI is InChI=1S/C11H16N4O3/c1-2-18-11(17)9(12)10(16)15-6-5-14-4-3-13-8(14)7-15/h3-4,9H,2,5-7,12H2,1H3. The van der Waals surface area contributed by atoms with Crippen molar-refractivity contribution in [2.24, 2.45) is 5.73 Å². The van der Waals surface area contributed by atoms with Gasteiger partial charge in [0.2, 0.25) is 0 Å². The monoisotopic (exact) mass is 252 g/mol. The first-order valence-electron chi connectivity index (χ1n) is 5.84. The highest BCUT2D eigenvalue weighted by Gasteiger charge is 2.30. The topological polar surface area (TPSA) is 90.5 Å². The zero-order valence-electron chi connectivity index (χ0n) is 10.2. The zero-order chi connectivity index (χ0) is 13.1. The molecule has 1 aliphatic rings. The van der Waals surface area contributed by atoms with Crippen LogP contribution in [0.1, 0.15) is 12.7 Å². The van der Waals surface area contributed by atoms with Gasteiger partial charge in [-0.05, 0) is 6.92 Å². The van der Waals surface area contributed by atoms with Crippen molar-refractivity contribution in [3.8, 4) is 0 Å². The first-order valence-corrected chi connectivity index (χ1v) is 5.84. The van der Waals surface area contributed by atoms with Crippen molar-refractivity contribution < 1.29 is 14.3 Å². The van der Waals surface area contributed by atoms with Crippen LogP contribution >= 0.6 is 0 Å². The Morgan fingerprint density at radius 3 is 3.06 bits per heavy atom. The molecule has 98 valence electrons. The fourth-order valence-electron chi connectivity index (χ4n) is 1.89. The molecule has 7 heteroatoms. The number of amides is 1. The number of fused-ring (bicyclic) bond motifs is 1. The molecule has 0 aliphatic carbocycles. The van der Waals surface area contributed by atoms with Crippen LogP contribution in [0.2, 0.25) is 0 Å². The normalized spacial score (nSPS) is 16.0. The van der Waals surface area contributed by atoms with Crippen molar-refractivity contribution in [3.05, 3.63) is 18.2 Å². The van der Waals surface area contributed by atoms with E-state index in [9.17, 15) is 9.59 Å². The third-order valence-electron chi connectivity index (χ3n) is 2.86. The van der Waals surface area contributed by atoms with E-state index in [-0.39, 0.29) is 6.61 Å². The molecule has 2 heterocycles. The van der Waals surface area contributed by atoms with E-state index in [1.807, 2.05) is 10.8 Å². The molecular formula is C11H16N4O3. The van der Waals surface area contributed by atoms with Crippen molar-refractivity contribution >= 4 is 11.9 Å². The van der Waals surface area contributed by atoms with Crippen LogP contribution in [0.4, 0.5) is 0 Å². The molecular weight excluding hydrogens is 236 g/mol. The molecule has 1 aliphatic heterocycles. The third-order valence-corrected chi connectivity index (χ3v) is 2.86. The minimum atomic E-state index is -1.24. The Morgan fingerprint density at radius 1 is 1.56 bits per heavy atom. The summed E-state index contributed by atoms with van der Waals surface area (Å²) in [4.78, 5) is 29.1. The largest absolute Gasteiger partial charge is 0.464 e. The summed E-state index contributed by atoms with van der Waals surface area (Å²) in [5.41, 5.74) is 5.58. The quantitative estimate of drug-likeness (QED) is 0.557. The maximum absolute atomic E-state index is 12.0. The molecule has 7 nitrogen and oxygen atoms in total. The van der Waals surface area contributed by atoms with Crippen molar-refractivity contribution in [1.29, 1.82) is 0 Å². The van der Waals surface area contributed by atoms with Crippen LogP contribution in [0, 0.1) is 0 Å². The number of hydrogen-bond donors (Lipinski definition) is 1. The molecule has 0 radical (unpaired) electrons. The number of carbonyl (C=O) groups is 2. The van der Waals surface area contributed by atoms with Gasteiger partial charge in [-0.3, -0.25) is 4.79 Å². The number of hydrogen-bond acceptors (Lipinski definition) is 5. The summed E-state index contributed by atoms with van der Waals surface area (Å²) in [7, 11) is 0. The lowest BCUT2D eigenvalue weighted by Gasteiger charge is -2.29. The first kappa shape index (κ1) is 12.6. The maximum Gasteiger partial charge on any atom is 0.332 e. The van der Waals surface area contributed by atoms with E-state index in [1.54, 1.807) is 13.1 Å². The Labute approximate surface area is 105 Å². The highest BCUT2D eigenvalue weighted by atomic mass is 16.5. The number of imidazole rings is 1. The van der Waals surface area contributed by atoms with Crippen LogP contribution in [-0.2, 0) is 27.4 Å². The second-order valence-corrected chi connectivity index (χ2v) is 4.03. The molecule has 2 rings (SSSR count). The fourth-order valence-corrected chi connectivity index (χ4v) is 1.89. The number of nitrogens with two attached hydrogens (primary N) is 1. The van der Waals surface area contributed by atoms with Crippen molar-refractivity contribution in [1.82, 2.24) is 14.5 Å². The van der Waals surface area contributed by atoms with Crippen molar-refractivity contribution in [2.75, 3.05) is 13.2 Å². The van der Waals surface area contributed by atoms with E-state index in [0.29, 0.717) is 19.6 Å². The second-order valence-electron chi connectivity index (χ2n) is 4.03. The van der Waals surface area contributed by atoms with Crippen LogP contribution in [-0.4, -0.2) is 45.5 Å². The highest BCUT2D eigenvalue weighted by molar-refractivity contribution is 6.01. The highest BCUT2D eigenvalue weighted by Crippen LogP contribution is 2.11.